The molecular formula is C25H21BrFN3O2S. The van der Waals surface area contributed by atoms with E-state index < -0.39 is 5.54 Å². The number of hydrogen-bond donors (Lipinski definition) is 1. The Morgan fingerprint density at radius 2 is 1.94 bits per heavy atom. The summed E-state index contributed by atoms with van der Waals surface area (Å²) < 4.78 is 16.1. The highest BCUT2D eigenvalue weighted by atomic mass is 79.9. The highest BCUT2D eigenvalue weighted by Crippen LogP contribution is 2.38. The fourth-order valence-electron chi connectivity index (χ4n) is 4.34. The molecule has 3 heterocycles. The predicted octanol–water partition coefficient (Wildman–Crippen LogP) is 5.65. The Morgan fingerprint density at radius 1 is 1.18 bits per heavy atom. The first-order chi connectivity index (χ1) is 15.8. The topological polar surface area (TPSA) is 54.3 Å². The van der Waals surface area contributed by atoms with Gasteiger partial charge in [-0.3, -0.25) is 14.5 Å². The Hall–Kier alpha value is -2.97. The molecule has 1 atom stereocenters. The number of nitrogens with one attached hydrogen (secondary N) is 1. The molecule has 1 N–H and O–H groups in total. The zero-order chi connectivity index (χ0) is 23.3. The molecule has 5 nitrogen and oxygen atoms in total. The van der Waals surface area contributed by atoms with Gasteiger partial charge in [0.25, 0.3) is 5.91 Å². The van der Waals surface area contributed by atoms with Gasteiger partial charge in [0.2, 0.25) is 5.91 Å². The number of thiophene rings is 1. The van der Waals surface area contributed by atoms with Crippen molar-refractivity contribution in [1.82, 2.24) is 9.88 Å². The van der Waals surface area contributed by atoms with E-state index in [1.807, 2.05) is 47.2 Å². The third-order valence-corrected chi connectivity index (χ3v) is 7.98. The average Bonchev–Trinajstić information content (AvgIpc) is 3.38. The van der Waals surface area contributed by atoms with E-state index in [1.54, 1.807) is 35.3 Å². The van der Waals surface area contributed by atoms with Gasteiger partial charge in [-0.05, 0) is 72.8 Å². The molecule has 0 saturated carbocycles. The van der Waals surface area contributed by atoms with E-state index in [0.717, 1.165) is 25.8 Å². The lowest BCUT2D eigenvalue weighted by atomic mass is 9.93. The maximum atomic E-state index is 13.8. The predicted molar refractivity (Wildman–Crippen MR) is 132 cm³/mol. The van der Waals surface area contributed by atoms with Crippen molar-refractivity contribution >= 4 is 55.0 Å². The van der Waals surface area contributed by atoms with Crippen molar-refractivity contribution in [2.45, 2.75) is 32.5 Å². The van der Waals surface area contributed by atoms with Crippen LogP contribution in [0.4, 0.5) is 10.1 Å². The fraction of sp³-hybridized carbons (Fsp3) is 0.200. The van der Waals surface area contributed by atoms with Crippen molar-refractivity contribution < 1.29 is 14.0 Å². The molecular weight excluding hydrogens is 505 g/mol. The fourth-order valence-corrected chi connectivity index (χ4v) is 5.49. The highest BCUT2D eigenvalue weighted by Gasteiger charge is 2.48. The lowest BCUT2D eigenvalue weighted by molar-refractivity contribution is -0.126. The first kappa shape index (κ1) is 21.9. The number of halogens is 2. The van der Waals surface area contributed by atoms with Gasteiger partial charge in [0.05, 0.1) is 6.54 Å². The van der Waals surface area contributed by atoms with E-state index in [4.69, 9.17) is 0 Å². The molecule has 1 aliphatic rings. The molecule has 2 aromatic heterocycles. The molecule has 0 aliphatic carbocycles. The SMILES string of the molecule is Cc1cc(N2C(=O)c3cc4ccsc4n3CC2(C)C(=O)NCc2ccc(F)cc2)ccc1Br. The van der Waals surface area contributed by atoms with Gasteiger partial charge < -0.3 is 9.88 Å². The molecule has 0 fully saturated rings. The number of carbonyl (C=O) groups excluding carboxylic acids is 2. The maximum absolute atomic E-state index is 13.8. The zero-order valence-corrected chi connectivity index (χ0v) is 20.5. The Bertz CT molecular complexity index is 1390. The van der Waals surface area contributed by atoms with Gasteiger partial charge in [-0.25, -0.2) is 4.39 Å². The number of nitrogens with zero attached hydrogens (tertiary/aromatic N) is 2. The van der Waals surface area contributed by atoms with Crippen LogP contribution in [0, 0.1) is 12.7 Å². The Balaban J connectivity index is 1.56. The van der Waals surface area contributed by atoms with Crippen molar-refractivity contribution in [2.24, 2.45) is 0 Å². The number of benzene rings is 2. The van der Waals surface area contributed by atoms with Gasteiger partial charge in [0.1, 0.15) is 21.9 Å². The quantitative estimate of drug-likeness (QED) is 0.374. The van der Waals surface area contributed by atoms with Crippen LogP contribution in [0.1, 0.15) is 28.5 Å². The first-order valence-corrected chi connectivity index (χ1v) is 12.2. The number of rotatable bonds is 4. The molecule has 168 valence electrons. The minimum absolute atomic E-state index is 0.217. The number of aryl methyl sites for hydroxylation is 1. The van der Waals surface area contributed by atoms with E-state index in [1.165, 1.54) is 12.1 Å². The maximum Gasteiger partial charge on any atom is 0.275 e. The molecule has 2 aromatic carbocycles. The first-order valence-electron chi connectivity index (χ1n) is 10.5. The molecule has 8 heteroatoms. The van der Waals surface area contributed by atoms with Crippen molar-refractivity contribution in [3.63, 3.8) is 0 Å². The van der Waals surface area contributed by atoms with E-state index >= 15 is 0 Å². The molecule has 0 radical (unpaired) electrons. The third-order valence-electron chi connectivity index (χ3n) is 6.14. The van der Waals surface area contributed by atoms with Crippen molar-refractivity contribution in [3.05, 3.63) is 87.1 Å². The summed E-state index contributed by atoms with van der Waals surface area (Å²) >= 11 is 5.07. The second-order valence-electron chi connectivity index (χ2n) is 8.45. The number of carbonyl (C=O) groups is 2. The number of hydrogen-bond acceptors (Lipinski definition) is 3. The van der Waals surface area contributed by atoms with E-state index in [-0.39, 0.29) is 24.2 Å². The van der Waals surface area contributed by atoms with Crippen molar-refractivity contribution in [1.29, 1.82) is 0 Å². The number of aromatic nitrogens is 1. The lowest BCUT2D eigenvalue weighted by Gasteiger charge is -2.44. The van der Waals surface area contributed by atoms with E-state index in [0.29, 0.717) is 17.9 Å². The molecule has 0 bridgehead atoms. The van der Waals surface area contributed by atoms with Crippen LogP contribution in [-0.4, -0.2) is 21.9 Å². The van der Waals surface area contributed by atoms with Crippen LogP contribution in [0.15, 0.2) is 64.5 Å². The molecule has 0 spiro atoms. The molecule has 2 amide bonds. The summed E-state index contributed by atoms with van der Waals surface area (Å²) in [6.07, 6.45) is 0. The molecule has 0 saturated heterocycles. The summed E-state index contributed by atoms with van der Waals surface area (Å²) in [6, 6.07) is 15.5. The van der Waals surface area contributed by atoms with Crippen LogP contribution >= 0.6 is 27.3 Å². The Kier molecular flexibility index (Phi) is 5.37. The van der Waals surface area contributed by atoms with E-state index in [9.17, 15) is 14.0 Å². The summed E-state index contributed by atoms with van der Waals surface area (Å²) in [5.41, 5.74) is 1.82. The molecule has 5 rings (SSSR count). The largest absolute Gasteiger partial charge is 0.350 e. The van der Waals surface area contributed by atoms with Crippen LogP contribution in [0.25, 0.3) is 10.2 Å². The Morgan fingerprint density at radius 3 is 2.67 bits per heavy atom. The summed E-state index contributed by atoms with van der Waals surface area (Å²) in [6.45, 7) is 4.31. The van der Waals surface area contributed by atoms with Gasteiger partial charge in [-0.2, -0.15) is 0 Å². The summed E-state index contributed by atoms with van der Waals surface area (Å²) in [7, 11) is 0. The summed E-state index contributed by atoms with van der Waals surface area (Å²) in [5, 5.41) is 5.94. The summed E-state index contributed by atoms with van der Waals surface area (Å²) in [5.74, 6) is -0.817. The molecule has 33 heavy (non-hydrogen) atoms. The second-order valence-corrected chi connectivity index (χ2v) is 10.2. The van der Waals surface area contributed by atoms with Gasteiger partial charge in [0.15, 0.2) is 0 Å². The van der Waals surface area contributed by atoms with Crippen LogP contribution in [0.5, 0.6) is 0 Å². The van der Waals surface area contributed by atoms with Gasteiger partial charge in [-0.1, -0.05) is 28.1 Å². The number of fused-ring (bicyclic) bond motifs is 3. The normalized spacial score (nSPS) is 17.9. The second kappa shape index (κ2) is 8.11. The minimum atomic E-state index is -1.17. The van der Waals surface area contributed by atoms with E-state index in [2.05, 4.69) is 21.2 Å². The smallest absolute Gasteiger partial charge is 0.275 e. The number of anilines is 1. The minimum Gasteiger partial charge on any atom is -0.350 e. The zero-order valence-electron chi connectivity index (χ0n) is 18.1. The Labute approximate surface area is 203 Å². The van der Waals surface area contributed by atoms with Crippen LogP contribution < -0.4 is 10.2 Å². The lowest BCUT2D eigenvalue weighted by Crippen LogP contribution is -2.64. The van der Waals surface area contributed by atoms with Gasteiger partial charge in [0, 0.05) is 22.1 Å². The molecule has 1 aliphatic heterocycles. The van der Waals surface area contributed by atoms with Crippen LogP contribution in [0.2, 0.25) is 0 Å². The van der Waals surface area contributed by atoms with Crippen molar-refractivity contribution in [2.75, 3.05) is 4.90 Å². The number of amides is 2. The third kappa shape index (κ3) is 3.67. The van der Waals surface area contributed by atoms with Crippen LogP contribution in [0.3, 0.4) is 0 Å². The standard InChI is InChI=1S/C25H21BrFN3O2S/c1-15-11-19(7-8-20(15)26)30-22(31)21-12-17-9-10-33-23(17)29(21)14-25(30,2)24(32)28-13-16-3-5-18(27)6-4-16/h3-12H,13-14H2,1-2H3,(H,28,32). The van der Waals surface area contributed by atoms with Crippen molar-refractivity contribution in [3.8, 4) is 0 Å². The molecule has 4 aromatic rings. The molecule has 1 unspecified atom stereocenters. The average molecular weight is 526 g/mol. The van der Waals surface area contributed by atoms with Crippen LogP contribution in [-0.2, 0) is 17.9 Å². The monoisotopic (exact) mass is 525 g/mol. The summed E-state index contributed by atoms with van der Waals surface area (Å²) in [4.78, 5) is 30.0. The van der Waals surface area contributed by atoms with Gasteiger partial charge >= 0.3 is 0 Å². The van der Waals surface area contributed by atoms with Gasteiger partial charge in [-0.15, -0.1) is 11.3 Å². The highest BCUT2D eigenvalue weighted by molar-refractivity contribution is 9.10.